The monoisotopic (exact) mass is 283 g/mol. The van der Waals surface area contributed by atoms with Crippen molar-refractivity contribution in [3.05, 3.63) is 21.5 Å². The molecule has 112 valence electrons. The molecule has 0 aromatic carbocycles. The molecule has 0 aliphatic rings. The van der Waals surface area contributed by atoms with Crippen LogP contribution in [-0.2, 0) is 24.2 Å². The van der Waals surface area contributed by atoms with E-state index in [2.05, 4.69) is 5.10 Å². The number of aryl methyl sites for hydroxylation is 2. The first-order valence-corrected chi connectivity index (χ1v) is 6.95. The Balaban J connectivity index is 2.70. The lowest BCUT2D eigenvalue weighted by Crippen LogP contribution is -2.06. The van der Waals surface area contributed by atoms with Crippen LogP contribution in [0.1, 0.15) is 50.9 Å². The Labute approximate surface area is 117 Å². The van der Waals surface area contributed by atoms with E-state index in [-0.39, 0.29) is 17.0 Å². The minimum atomic E-state index is -0.790. The second-order valence-electron chi connectivity index (χ2n) is 4.63. The highest BCUT2D eigenvalue weighted by molar-refractivity contribution is 5.66. The van der Waals surface area contributed by atoms with Crippen LogP contribution in [0.25, 0.3) is 0 Å². The minimum Gasteiger partial charge on any atom is -0.481 e. The number of rotatable bonds is 9. The number of aliphatic carboxylic acids is 1. The summed E-state index contributed by atoms with van der Waals surface area (Å²) in [4.78, 5) is 21.2. The van der Waals surface area contributed by atoms with E-state index in [1.807, 2.05) is 13.8 Å². The summed E-state index contributed by atoms with van der Waals surface area (Å²) < 4.78 is 1.71. The van der Waals surface area contributed by atoms with Gasteiger partial charge in [0, 0.05) is 13.0 Å². The summed E-state index contributed by atoms with van der Waals surface area (Å²) in [6.45, 7) is 4.33. The highest BCUT2D eigenvalue weighted by atomic mass is 16.6. The predicted octanol–water partition coefficient (Wildman–Crippen LogP) is 2.56. The smallest absolute Gasteiger partial charge is 0.313 e. The molecule has 1 rings (SSSR count). The molecular formula is C13H21N3O4. The van der Waals surface area contributed by atoms with Crippen LogP contribution in [0.5, 0.6) is 0 Å². The summed E-state index contributed by atoms with van der Waals surface area (Å²) in [5, 5.41) is 24.0. The molecule has 7 nitrogen and oxygen atoms in total. The maximum absolute atomic E-state index is 11.1. The molecule has 20 heavy (non-hydrogen) atoms. The van der Waals surface area contributed by atoms with Crippen LogP contribution in [0.15, 0.2) is 0 Å². The molecule has 1 aromatic rings. The zero-order valence-corrected chi connectivity index (χ0v) is 12.0. The molecule has 0 bridgehead atoms. The van der Waals surface area contributed by atoms with Gasteiger partial charge in [0.05, 0.1) is 4.92 Å². The lowest BCUT2D eigenvalue weighted by molar-refractivity contribution is -0.386. The highest BCUT2D eigenvalue weighted by Gasteiger charge is 2.24. The van der Waals surface area contributed by atoms with Crippen molar-refractivity contribution < 1.29 is 14.8 Å². The van der Waals surface area contributed by atoms with Crippen molar-refractivity contribution in [1.29, 1.82) is 0 Å². The third kappa shape index (κ3) is 4.04. The third-order valence-corrected chi connectivity index (χ3v) is 3.21. The molecule has 7 heteroatoms. The van der Waals surface area contributed by atoms with Gasteiger partial charge in [-0.2, -0.15) is 5.10 Å². The summed E-state index contributed by atoms with van der Waals surface area (Å²) >= 11 is 0. The van der Waals surface area contributed by atoms with Gasteiger partial charge in [-0.1, -0.05) is 20.3 Å². The Kier molecular flexibility index (Phi) is 6.14. The summed E-state index contributed by atoms with van der Waals surface area (Å²) in [6, 6.07) is 0. The molecule has 0 atom stereocenters. The second kappa shape index (κ2) is 7.62. The normalized spacial score (nSPS) is 10.7. The van der Waals surface area contributed by atoms with Gasteiger partial charge in [0.2, 0.25) is 0 Å². The van der Waals surface area contributed by atoms with E-state index in [0.717, 1.165) is 12.8 Å². The van der Waals surface area contributed by atoms with E-state index in [1.54, 1.807) is 4.68 Å². The quantitative estimate of drug-likeness (QED) is 0.426. The average molecular weight is 283 g/mol. The first-order chi connectivity index (χ1) is 9.51. The maximum atomic E-state index is 11.1. The van der Waals surface area contributed by atoms with Crippen LogP contribution in [0.4, 0.5) is 5.69 Å². The van der Waals surface area contributed by atoms with Gasteiger partial charge >= 0.3 is 11.7 Å². The van der Waals surface area contributed by atoms with E-state index in [9.17, 15) is 14.9 Å². The molecule has 0 amide bonds. The number of carboxylic acid groups (broad SMARTS) is 1. The van der Waals surface area contributed by atoms with Crippen molar-refractivity contribution in [3.8, 4) is 0 Å². The van der Waals surface area contributed by atoms with E-state index < -0.39 is 5.97 Å². The van der Waals surface area contributed by atoms with E-state index >= 15 is 0 Å². The Morgan fingerprint density at radius 2 is 2.00 bits per heavy atom. The van der Waals surface area contributed by atoms with Gasteiger partial charge < -0.3 is 5.11 Å². The van der Waals surface area contributed by atoms with Crippen molar-refractivity contribution in [3.63, 3.8) is 0 Å². The van der Waals surface area contributed by atoms with Crippen molar-refractivity contribution in [1.82, 2.24) is 9.78 Å². The standard InChI is InChI=1S/C13H21N3O4/c1-3-10-13(16(19)20)11(4-2)15(14-10)9-7-5-6-8-12(17)18/h3-9H2,1-2H3,(H,17,18). The van der Waals surface area contributed by atoms with E-state index in [1.165, 1.54) is 0 Å². The third-order valence-electron chi connectivity index (χ3n) is 3.21. The summed E-state index contributed by atoms with van der Waals surface area (Å²) in [5.41, 5.74) is 1.32. The highest BCUT2D eigenvalue weighted by Crippen LogP contribution is 2.25. The summed E-state index contributed by atoms with van der Waals surface area (Å²) in [7, 11) is 0. The van der Waals surface area contributed by atoms with Gasteiger partial charge in [-0.05, 0) is 25.7 Å². The fourth-order valence-corrected chi connectivity index (χ4v) is 2.24. The largest absolute Gasteiger partial charge is 0.481 e. The van der Waals surface area contributed by atoms with Gasteiger partial charge in [-0.3, -0.25) is 19.6 Å². The lowest BCUT2D eigenvalue weighted by Gasteiger charge is -2.04. The molecule has 0 fully saturated rings. The van der Waals surface area contributed by atoms with Crippen LogP contribution >= 0.6 is 0 Å². The van der Waals surface area contributed by atoms with Crippen LogP contribution in [0, 0.1) is 10.1 Å². The van der Waals surface area contributed by atoms with Crippen LogP contribution in [0.2, 0.25) is 0 Å². The topological polar surface area (TPSA) is 98.3 Å². The number of unbranched alkanes of at least 4 members (excludes halogenated alkanes) is 2. The van der Waals surface area contributed by atoms with Crippen LogP contribution in [-0.4, -0.2) is 25.8 Å². The molecule has 1 N–H and O–H groups in total. The number of carbonyl (C=O) groups is 1. The van der Waals surface area contributed by atoms with Gasteiger partial charge in [-0.15, -0.1) is 0 Å². The number of hydrogen-bond donors (Lipinski definition) is 1. The molecule has 0 spiro atoms. The Morgan fingerprint density at radius 3 is 2.50 bits per heavy atom. The molecule has 0 saturated carbocycles. The molecule has 1 heterocycles. The predicted molar refractivity (Wildman–Crippen MR) is 73.7 cm³/mol. The van der Waals surface area contributed by atoms with Gasteiger partial charge in [0.15, 0.2) is 0 Å². The first-order valence-electron chi connectivity index (χ1n) is 6.95. The Hall–Kier alpha value is -1.92. The number of carboxylic acids is 1. The first kappa shape index (κ1) is 16.1. The lowest BCUT2D eigenvalue weighted by atomic mass is 10.2. The van der Waals surface area contributed by atoms with E-state index in [4.69, 9.17) is 5.11 Å². The number of nitro groups is 1. The number of aromatic nitrogens is 2. The van der Waals surface area contributed by atoms with Crippen LogP contribution in [0.3, 0.4) is 0 Å². The van der Waals surface area contributed by atoms with Gasteiger partial charge in [0.1, 0.15) is 11.4 Å². The Morgan fingerprint density at radius 1 is 1.30 bits per heavy atom. The zero-order valence-electron chi connectivity index (χ0n) is 12.0. The van der Waals surface area contributed by atoms with E-state index in [0.29, 0.717) is 37.2 Å². The SMILES string of the molecule is CCc1nn(CCCCCC(=O)O)c(CC)c1[N+](=O)[O-]. The Bertz CT molecular complexity index is 482. The molecule has 0 aliphatic heterocycles. The van der Waals surface area contributed by atoms with Crippen molar-refractivity contribution in [2.24, 2.45) is 0 Å². The molecule has 0 aliphatic carbocycles. The zero-order chi connectivity index (χ0) is 15.1. The molecule has 0 unspecified atom stereocenters. The van der Waals surface area contributed by atoms with Crippen molar-refractivity contribution in [2.75, 3.05) is 0 Å². The van der Waals surface area contributed by atoms with Crippen LogP contribution < -0.4 is 0 Å². The van der Waals surface area contributed by atoms with Crippen molar-refractivity contribution >= 4 is 11.7 Å². The van der Waals surface area contributed by atoms with Crippen molar-refractivity contribution in [2.45, 2.75) is 58.9 Å². The summed E-state index contributed by atoms with van der Waals surface area (Å²) in [6.07, 6.45) is 3.46. The molecule has 0 saturated heterocycles. The maximum Gasteiger partial charge on any atom is 0.313 e. The number of hydrogen-bond acceptors (Lipinski definition) is 4. The average Bonchev–Trinajstić information content (AvgIpc) is 2.75. The fourth-order valence-electron chi connectivity index (χ4n) is 2.24. The van der Waals surface area contributed by atoms with Gasteiger partial charge in [-0.25, -0.2) is 0 Å². The second-order valence-corrected chi connectivity index (χ2v) is 4.63. The molecular weight excluding hydrogens is 262 g/mol. The summed E-state index contributed by atoms with van der Waals surface area (Å²) in [5.74, 6) is -0.790. The van der Waals surface area contributed by atoms with Gasteiger partial charge in [0.25, 0.3) is 0 Å². The number of nitrogens with zero attached hydrogens (tertiary/aromatic N) is 3. The molecule has 1 aromatic heterocycles. The fraction of sp³-hybridized carbons (Fsp3) is 0.692. The molecule has 0 radical (unpaired) electrons. The minimum absolute atomic E-state index is 0.139.